The molecule has 0 aliphatic carbocycles. The summed E-state index contributed by atoms with van der Waals surface area (Å²) in [6, 6.07) is 26.6. The summed E-state index contributed by atoms with van der Waals surface area (Å²) in [4.78, 5) is 28.0. The Labute approximate surface area is 243 Å². The first-order valence-corrected chi connectivity index (χ1v) is 13.7. The Bertz CT molecular complexity index is 1530. The van der Waals surface area contributed by atoms with Gasteiger partial charge in [0.2, 0.25) is 0 Å². The van der Waals surface area contributed by atoms with E-state index in [0.717, 1.165) is 36.5 Å². The van der Waals surface area contributed by atoms with Crippen LogP contribution in [0.1, 0.15) is 50.5 Å². The highest BCUT2D eigenvalue weighted by atomic mass is 19.3. The molecule has 6 nitrogen and oxygen atoms in total. The third-order valence-corrected chi connectivity index (χ3v) is 6.62. The largest absolute Gasteiger partial charge is 0.427 e. The number of hydrogen-bond acceptors (Lipinski definition) is 6. The van der Waals surface area contributed by atoms with Crippen LogP contribution in [0.25, 0.3) is 22.3 Å². The van der Waals surface area contributed by atoms with Crippen LogP contribution in [-0.2, 0) is 9.59 Å². The molecule has 0 aliphatic heterocycles. The highest BCUT2D eigenvalue weighted by Crippen LogP contribution is 2.28. The Kier molecular flexibility index (Phi) is 10.8. The lowest BCUT2D eigenvalue weighted by molar-refractivity contribution is -0.135. The topological polar surface area (TPSA) is 85.6 Å². The van der Waals surface area contributed by atoms with Gasteiger partial charge in [-0.1, -0.05) is 55.7 Å². The summed E-state index contributed by atoms with van der Waals surface area (Å²) in [5.41, 5.74) is 3.36. The summed E-state index contributed by atoms with van der Waals surface area (Å²) in [6.45, 7) is 0. The molecule has 0 N–H and O–H groups in total. The minimum Gasteiger partial charge on any atom is -0.427 e. The monoisotopic (exact) mass is 569 g/mol. The average molecular weight is 570 g/mol. The van der Waals surface area contributed by atoms with Gasteiger partial charge < -0.3 is 9.47 Å². The lowest BCUT2D eigenvalue weighted by atomic mass is 10.0. The van der Waals surface area contributed by atoms with Gasteiger partial charge in [-0.25, -0.2) is 4.39 Å². The van der Waals surface area contributed by atoms with Crippen molar-refractivity contribution in [2.45, 2.75) is 44.9 Å². The zero-order valence-corrected chi connectivity index (χ0v) is 22.9. The molecular weight excluding hydrogens is 540 g/mol. The molecule has 0 radical (unpaired) electrons. The van der Waals surface area contributed by atoms with E-state index in [1.54, 1.807) is 24.3 Å². The number of nitriles is 1. The summed E-state index contributed by atoms with van der Waals surface area (Å²) in [5, 5.41) is 8.92. The van der Waals surface area contributed by atoms with Crippen LogP contribution in [-0.4, -0.2) is 11.9 Å². The van der Waals surface area contributed by atoms with Crippen molar-refractivity contribution >= 4 is 11.9 Å². The lowest BCUT2D eigenvalue weighted by Crippen LogP contribution is -2.08. The molecule has 0 heterocycles. The number of benzene rings is 4. The fourth-order valence-corrected chi connectivity index (χ4v) is 4.37. The fraction of sp³-hybridized carbons (Fsp3) is 0.206. The fourth-order valence-electron chi connectivity index (χ4n) is 4.37. The molecule has 0 spiro atoms. The van der Waals surface area contributed by atoms with Crippen LogP contribution in [0, 0.1) is 17.1 Å². The van der Waals surface area contributed by atoms with E-state index in [1.165, 1.54) is 36.4 Å². The molecule has 42 heavy (non-hydrogen) atoms. The number of rotatable bonds is 13. The zero-order valence-electron chi connectivity index (χ0n) is 22.9. The first-order chi connectivity index (χ1) is 20.4. The number of esters is 2. The molecule has 0 fully saturated rings. The standard InChI is InChI=1S/C34H29F2NO5/c35-32-22-30(20-21-31(32)27-14-18-29(42-36)19-15-27)41-34(39)7-5-3-1-2-4-6-33(38)40-28-16-12-26(13-17-28)25-10-8-24(23-37)9-11-25/h8-22H,1-7H2. The predicted molar refractivity (Wildman–Crippen MR) is 154 cm³/mol. The van der Waals surface area contributed by atoms with Crippen LogP contribution in [0.15, 0.2) is 91.0 Å². The van der Waals surface area contributed by atoms with Crippen molar-refractivity contribution in [3.8, 4) is 45.6 Å². The van der Waals surface area contributed by atoms with Crippen molar-refractivity contribution in [1.82, 2.24) is 0 Å². The molecular formula is C34H29F2NO5. The second-order valence-corrected chi connectivity index (χ2v) is 9.67. The van der Waals surface area contributed by atoms with E-state index in [-0.39, 0.29) is 23.9 Å². The number of hydrogen-bond donors (Lipinski definition) is 0. The number of unbranched alkanes of at least 4 members (excludes halogenated alkanes) is 4. The Morgan fingerprint density at radius 2 is 1.10 bits per heavy atom. The highest BCUT2D eigenvalue weighted by Gasteiger charge is 2.11. The molecule has 0 aliphatic rings. The molecule has 0 amide bonds. The molecule has 0 saturated heterocycles. The van der Waals surface area contributed by atoms with Crippen molar-refractivity contribution in [2.24, 2.45) is 0 Å². The highest BCUT2D eigenvalue weighted by molar-refractivity contribution is 5.74. The molecule has 0 atom stereocenters. The van der Waals surface area contributed by atoms with E-state index in [2.05, 4.69) is 11.0 Å². The van der Waals surface area contributed by atoms with Gasteiger partial charge in [-0.05, 0) is 78.1 Å². The third kappa shape index (κ3) is 8.73. The summed E-state index contributed by atoms with van der Waals surface area (Å²) in [5.74, 6) is -0.686. The Balaban J connectivity index is 1.09. The molecule has 8 heteroatoms. The minimum absolute atomic E-state index is 0.0204. The Hall–Kier alpha value is -5.03. The summed E-state index contributed by atoms with van der Waals surface area (Å²) in [7, 11) is 0. The Morgan fingerprint density at radius 1 is 0.619 bits per heavy atom. The molecule has 4 aromatic carbocycles. The van der Waals surface area contributed by atoms with Crippen molar-refractivity contribution in [2.75, 3.05) is 0 Å². The molecule has 0 bridgehead atoms. The van der Waals surface area contributed by atoms with Crippen molar-refractivity contribution in [3.05, 3.63) is 102 Å². The van der Waals surface area contributed by atoms with E-state index in [4.69, 9.17) is 14.7 Å². The number of nitrogens with zero attached hydrogens (tertiary/aromatic N) is 1. The van der Waals surface area contributed by atoms with E-state index in [0.29, 0.717) is 41.7 Å². The number of carbonyl (C=O) groups excluding carboxylic acids is 2. The van der Waals surface area contributed by atoms with Crippen LogP contribution < -0.4 is 14.4 Å². The summed E-state index contributed by atoms with van der Waals surface area (Å²) in [6.07, 6.45) is 4.29. The molecule has 4 aromatic rings. The number of halogens is 2. The SMILES string of the molecule is N#Cc1ccc(-c2ccc(OC(=O)CCCCCCCC(=O)Oc3ccc(-c4ccc(OF)cc4)c(F)c3)cc2)cc1. The molecule has 0 aromatic heterocycles. The lowest BCUT2D eigenvalue weighted by Gasteiger charge is -2.08. The maximum Gasteiger partial charge on any atom is 0.311 e. The van der Waals surface area contributed by atoms with Crippen LogP contribution in [0.3, 0.4) is 0 Å². The maximum atomic E-state index is 14.5. The zero-order chi connectivity index (χ0) is 29.7. The minimum atomic E-state index is -0.562. The first-order valence-electron chi connectivity index (χ1n) is 13.7. The van der Waals surface area contributed by atoms with Crippen LogP contribution in [0.2, 0.25) is 0 Å². The third-order valence-electron chi connectivity index (χ3n) is 6.62. The van der Waals surface area contributed by atoms with Crippen LogP contribution in [0.4, 0.5) is 8.92 Å². The van der Waals surface area contributed by atoms with E-state index < -0.39 is 11.8 Å². The second-order valence-electron chi connectivity index (χ2n) is 9.67. The van der Waals surface area contributed by atoms with Crippen molar-refractivity contribution < 1.29 is 32.9 Å². The van der Waals surface area contributed by atoms with Gasteiger partial charge in [-0.2, -0.15) is 5.26 Å². The van der Waals surface area contributed by atoms with Crippen molar-refractivity contribution in [3.63, 3.8) is 0 Å². The van der Waals surface area contributed by atoms with E-state index in [9.17, 15) is 18.5 Å². The van der Waals surface area contributed by atoms with E-state index >= 15 is 0 Å². The molecule has 0 unspecified atom stereocenters. The number of carbonyl (C=O) groups is 2. The van der Waals surface area contributed by atoms with Gasteiger partial charge in [0.25, 0.3) is 0 Å². The number of ether oxygens (including phenoxy) is 2. The Morgan fingerprint density at radius 3 is 1.64 bits per heavy atom. The van der Waals surface area contributed by atoms with Gasteiger partial charge in [0.05, 0.1) is 11.6 Å². The summed E-state index contributed by atoms with van der Waals surface area (Å²) >= 11 is 0. The van der Waals surface area contributed by atoms with E-state index in [1.807, 2.05) is 24.3 Å². The average Bonchev–Trinajstić information content (AvgIpc) is 3.01. The van der Waals surface area contributed by atoms with Gasteiger partial charge in [0, 0.05) is 29.0 Å². The van der Waals surface area contributed by atoms with Gasteiger partial charge in [-0.15, -0.1) is 0 Å². The first kappa shape index (κ1) is 29.9. The maximum absolute atomic E-state index is 14.5. The predicted octanol–water partition coefficient (Wildman–Crippen LogP) is 8.54. The van der Waals surface area contributed by atoms with Gasteiger partial charge in [-0.3, -0.25) is 14.5 Å². The van der Waals surface area contributed by atoms with Gasteiger partial charge >= 0.3 is 11.9 Å². The normalized spacial score (nSPS) is 10.5. The van der Waals surface area contributed by atoms with Gasteiger partial charge in [0.1, 0.15) is 17.3 Å². The second kappa shape index (κ2) is 15.1. The molecule has 214 valence electrons. The van der Waals surface area contributed by atoms with Crippen molar-refractivity contribution in [1.29, 1.82) is 5.26 Å². The van der Waals surface area contributed by atoms with Crippen LogP contribution in [0.5, 0.6) is 17.2 Å². The molecule has 0 saturated carbocycles. The smallest absolute Gasteiger partial charge is 0.311 e. The van der Waals surface area contributed by atoms with Crippen LogP contribution >= 0.6 is 0 Å². The molecule has 4 rings (SSSR count). The summed E-state index contributed by atoms with van der Waals surface area (Å²) < 4.78 is 37.4. The quantitative estimate of drug-likeness (QED) is 0.0911. The van der Waals surface area contributed by atoms with Gasteiger partial charge in [0.15, 0.2) is 5.75 Å².